The molecule has 0 aliphatic heterocycles. The van der Waals surface area contributed by atoms with Crippen molar-refractivity contribution in [2.45, 2.75) is 99.3 Å². The van der Waals surface area contributed by atoms with Crippen molar-refractivity contribution in [1.82, 2.24) is 0 Å². The summed E-state index contributed by atoms with van der Waals surface area (Å²) in [5, 5.41) is 7.61. The Morgan fingerprint density at radius 3 is 1.28 bits per heavy atom. The minimum atomic E-state index is 0.131. The van der Waals surface area contributed by atoms with Gasteiger partial charge in [0.1, 0.15) is 11.2 Å². The monoisotopic (exact) mass is 706 g/mol. The van der Waals surface area contributed by atoms with E-state index in [2.05, 4.69) is 185 Å². The van der Waals surface area contributed by atoms with Crippen LogP contribution in [0.3, 0.4) is 0 Å². The fourth-order valence-corrected chi connectivity index (χ4v) is 8.58. The van der Waals surface area contributed by atoms with Crippen LogP contribution in [0.2, 0.25) is 0 Å². The summed E-state index contributed by atoms with van der Waals surface area (Å²) in [5.74, 6) is 1.39. The molecule has 272 valence electrons. The second-order valence-corrected chi connectivity index (χ2v) is 17.7. The van der Waals surface area contributed by atoms with Gasteiger partial charge in [-0.1, -0.05) is 135 Å². The van der Waals surface area contributed by atoms with E-state index >= 15 is 0 Å². The van der Waals surface area contributed by atoms with E-state index in [0.717, 1.165) is 21.9 Å². The highest BCUT2D eigenvalue weighted by Gasteiger charge is 2.21. The number of hydrogen-bond donors (Lipinski definition) is 0. The van der Waals surface area contributed by atoms with Gasteiger partial charge in [-0.05, 0) is 162 Å². The van der Waals surface area contributed by atoms with Crippen molar-refractivity contribution in [2.24, 2.45) is 0 Å². The van der Waals surface area contributed by atoms with Gasteiger partial charge < -0.3 is 4.42 Å². The highest BCUT2D eigenvalue weighted by molar-refractivity contribution is 6.10. The quantitative estimate of drug-likeness (QED) is 0.157. The van der Waals surface area contributed by atoms with E-state index in [9.17, 15) is 0 Å². The minimum Gasteiger partial charge on any atom is -0.456 e. The minimum absolute atomic E-state index is 0.131. The fourth-order valence-electron chi connectivity index (χ4n) is 8.58. The third-order valence-electron chi connectivity index (χ3n) is 12.0. The summed E-state index contributed by atoms with van der Waals surface area (Å²) in [5.41, 5.74) is 17.9. The zero-order valence-corrected chi connectivity index (χ0v) is 34.0. The summed E-state index contributed by atoms with van der Waals surface area (Å²) >= 11 is 0. The molecule has 1 heterocycles. The van der Waals surface area contributed by atoms with Crippen LogP contribution in [0.5, 0.6) is 0 Å². The van der Waals surface area contributed by atoms with Gasteiger partial charge in [-0.3, -0.25) is 0 Å². The smallest absolute Gasteiger partial charge is 0.135 e. The highest BCUT2D eigenvalue weighted by atomic mass is 16.3. The van der Waals surface area contributed by atoms with Gasteiger partial charge in [0, 0.05) is 10.8 Å². The van der Waals surface area contributed by atoms with Crippen molar-refractivity contribution >= 4 is 43.5 Å². The molecule has 0 fully saturated rings. The number of fused-ring (bicyclic) bond motifs is 5. The topological polar surface area (TPSA) is 13.1 Å². The van der Waals surface area contributed by atoms with Gasteiger partial charge in [-0.15, -0.1) is 0 Å². The van der Waals surface area contributed by atoms with Crippen LogP contribution in [0.4, 0.5) is 0 Å². The van der Waals surface area contributed by atoms with Gasteiger partial charge in [0.05, 0.1) is 0 Å². The Morgan fingerprint density at radius 1 is 0.407 bits per heavy atom. The molecule has 0 amide bonds. The molecule has 7 aromatic carbocycles. The van der Waals surface area contributed by atoms with E-state index in [-0.39, 0.29) is 5.41 Å². The maximum Gasteiger partial charge on any atom is 0.135 e. The van der Waals surface area contributed by atoms with Gasteiger partial charge in [-0.2, -0.15) is 0 Å². The zero-order chi connectivity index (χ0) is 38.2. The second kappa shape index (κ2) is 13.3. The molecule has 1 nitrogen and oxygen atoms in total. The Balaban J connectivity index is 1.22. The van der Waals surface area contributed by atoms with E-state index in [4.69, 9.17) is 4.42 Å². The van der Waals surface area contributed by atoms with Gasteiger partial charge in [0.2, 0.25) is 0 Å². The largest absolute Gasteiger partial charge is 0.456 e. The molecule has 1 heteroatoms. The summed E-state index contributed by atoms with van der Waals surface area (Å²) in [6.45, 7) is 25.4. The predicted molar refractivity (Wildman–Crippen MR) is 235 cm³/mol. The van der Waals surface area contributed by atoms with Crippen molar-refractivity contribution in [1.29, 1.82) is 0 Å². The average Bonchev–Trinajstić information content (AvgIpc) is 3.53. The van der Waals surface area contributed by atoms with Gasteiger partial charge in [0.25, 0.3) is 0 Å². The Hall–Kier alpha value is -5.14. The van der Waals surface area contributed by atoms with E-state index in [1.165, 1.54) is 88.3 Å². The van der Waals surface area contributed by atoms with E-state index in [1.807, 2.05) is 0 Å². The number of hydrogen-bond acceptors (Lipinski definition) is 1. The molecular formula is C53H54O. The van der Waals surface area contributed by atoms with Crippen molar-refractivity contribution in [3.05, 3.63) is 143 Å². The maximum atomic E-state index is 6.35. The Kier molecular flexibility index (Phi) is 8.84. The lowest BCUT2D eigenvalue weighted by Crippen LogP contribution is -2.10. The lowest BCUT2D eigenvalue weighted by atomic mass is 9.81. The first-order valence-corrected chi connectivity index (χ1v) is 19.9. The molecule has 0 saturated heterocycles. The molecule has 54 heavy (non-hydrogen) atoms. The summed E-state index contributed by atoms with van der Waals surface area (Å²) in [4.78, 5) is 0. The molecule has 0 atom stereocenters. The number of rotatable bonds is 6. The highest BCUT2D eigenvalue weighted by Crippen LogP contribution is 2.43. The van der Waals surface area contributed by atoms with Crippen LogP contribution in [0.15, 0.2) is 114 Å². The van der Waals surface area contributed by atoms with E-state index in [0.29, 0.717) is 17.8 Å². The summed E-state index contributed by atoms with van der Waals surface area (Å²) in [7, 11) is 0. The molecule has 0 N–H and O–H groups in total. The molecule has 0 saturated carbocycles. The molecule has 0 unspecified atom stereocenters. The third-order valence-corrected chi connectivity index (χ3v) is 12.0. The fraction of sp³-hybridized carbons (Fsp3) is 0.283. The first-order chi connectivity index (χ1) is 25.7. The van der Waals surface area contributed by atoms with Crippen LogP contribution < -0.4 is 0 Å². The van der Waals surface area contributed by atoms with E-state index in [1.54, 1.807) is 0 Å². The van der Waals surface area contributed by atoms with Gasteiger partial charge in [0.15, 0.2) is 0 Å². The average molecular weight is 707 g/mol. The molecule has 0 radical (unpaired) electrons. The first kappa shape index (κ1) is 35.9. The van der Waals surface area contributed by atoms with Gasteiger partial charge in [-0.25, -0.2) is 0 Å². The van der Waals surface area contributed by atoms with Crippen molar-refractivity contribution < 1.29 is 4.42 Å². The molecule has 0 aliphatic carbocycles. The van der Waals surface area contributed by atoms with Crippen LogP contribution in [-0.2, 0) is 5.41 Å². The SMILES string of the molecule is Cc1c2ccc(-c3c(C(C)C)cc(C(C)C)cc3C(C)C)cc2c(C)c2ccc(-c3ccc4oc5ccc(-c6ccc(C(C)(C)C)cc6)cc5c4c3)cc12. The Labute approximate surface area is 322 Å². The molecule has 8 aromatic rings. The molecule has 8 rings (SSSR count). The van der Waals surface area contributed by atoms with Crippen molar-refractivity contribution in [3.63, 3.8) is 0 Å². The van der Waals surface area contributed by atoms with Crippen LogP contribution in [0, 0.1) is 13.8 Å². The Morgan fingerprint density at radius 2 is 0.815 bits per heavy atom. The normalized spacial score (nSPS) is 12.5. The number of benzene rings is 7. The predicted octanol–water partition coefficient (Wildman–Crippen LogP) is 16.2. The summed E-state index contributed by atoms with van der Waals surface area (Å²) < 4.78 is 6.35. The molecular weight excluding hydrogens is 653 g/mol. The standard InChI is InChI=1S/C53H54O/c1-30(2)40-28-44(31(3)4)52(45(29-40)32(5)6)39-15-21-43-33(7)46-24-37(14-20-42(46)34(8)47(43)27-39)38-17-23-51-49(26-38)48-25-36(16-22-50(48)54-51)35-12-18-41(19-13-35)53(9,10)11/h12-32H,1-11H3. The summed E-state index contributed by atoms with van der Waals surface area (Å²) in [6.07, 6.45) is 0. The lowest BCUT2D eigenvalue weighted by Gasteiger charge is -2.24. The molecule has 1 aromatic heterocycles. The first-order valence-electron chi connectivity index (χ1n) is 19.9. The second-order valence-electron chi connectivity index (χ2n) is 17.7. The number of aryl methyl sites for hydroxylation is 2. The number of furan rings is 1. The van der Waals surface area contributed by atoms with Crippen LogP contribution in [-0.4, -0.2) is 0 Å². The molecule has 0 bridgehead atoms. The van der Waals surface area contributed by atoms with Crippen LogP contribution >= 0.6 is 0 Å². The van der Waals surface area contributed by atoms with Crippen LogP contribution in [0.1, 0.15) is 113 Å². The molecule has 0 aliphatic rings. The zero-order valence-electron chi connectivity index (χ0n) is 34.0. The van der Waals surface area contributed by atoms with Gasteiger partial charge >= 0.3 is 0 Å². The Bertz CT molecular complexity index is 2690. The lowest BCUT2D eigenvalue weighted by molar-refractivity contribution is 0.590. The van der Waals surface area contributed by atoms with Crippen molar-refractivity contribution in [3.8, 4) is 33.4 Å². The molecule has 0 spiro atoms. The third kappa shape index (κ3) is 6.12. The maximum absolute atomic E-state index is 6.35. The summed E-state index contributed by atoms with van der Waals surface area (Å²) in [6, 6.07) is 41.4. The van der Waals surface area contributed by atoms with E-state index < -0.39 is 0 Å². The van der Waals surface area contributed by atoms with Crippen molar-refractivity contribution in [2.75, 3.05) is 0 Å². The van der Waals surface area contributed by atoms with Crippen LogP contribution in [0.25, 0.3) is 76.9 Å².